The van der Waals surface area contributed by atoms with Crippen LogP contribution in [0.15, 0.2) is 41.3 Å². The number of aryl methyl sites for hydroxylation is 1. The van der Waals surface area contributed by atoms with Gasteiger partial charge >= 0.3 is 0 Å². The van der Waals surface area contributed by atoms with Gasteiger partial charge in [0.1, 0.15) is 17.8 Å². The minimum Gasteiger partial charge on any atom is -0.356 e. The lowest BCUT2D eigenvalue weighted by Gasteiger charge is -2.33. The van der Waals surface area contributed by atoms with Crippen LogP contribution in [0.4, 0.5) is 5.82 Å². The Bertz CT molecular complexity index is 948. The van der Waals surface area contributed by atoms with Gasteiger partial charge in [0, 0.05) is 42.2 Å². The maximum Gasteiger partial charge on any atom is 0.271 e. The summed E-state index contributed by atoms with van der Waals surface area (Å²) in [6.07, 6.45) is 5.13. The number of aromatic nitrogens is 4. The van der Waals surface area contributed by atoms with Crippen LogP contribution in [-0.4, -0.2) is 44.8 Å². The largest absolute Gasteiger partial charge is 0.356 e. The van der Waals surface area contributed by atoms with E-state index in [1.807, 2.05) is 12.1 Å². The van der Waals surface area contributed by atoms with Crippen molar-refractivity contribution in [1.82, 2.24) is 25.1 Å². The predicted molar refractivity (Wildman–Crippen MR) is 103 cm³/mol. The van der Waals surface area contributed by atoms with E-state index in [4.69, 9.17) is 0 Å². The summed E-state index contributed by atoms with van der Waals surface area (Å²) in [5.74, 6) is 0.839. The van der Waals surface area contributed by atoms with Crippen LogP contribution in [0.3, 0.4) is 0 Å². The third-order valence-electron chi connectivity index (χ3n) is 4.65. The van der Waals surface area contributed by atoms with Crippen LogP contribution in [0, 0.1) is 0 Å². The maximum atomic E-state index is 12.3. The van der Waals surface area contributed by atoms with E-state index >= 15 is 0 Å². The molecule has 1 amide bonds. The first kappa shape index (κ1) is 17.0. The quantitative estimate of drug-likeness (QED) is 0.712. The molecule has 0 unspecified atom stereocenters. The summed E-state index contributed by atoms with van der Waals surface area (Å²) in [7, 11) is 1.81. The summed E-state index contributed by atoms with van der Waals surface area (Å²) in [6.45, 7) is 1.68. The Kier molecular flexibility index (Phi) is 4.58. The van der Waals surface area contributed by atoms with Gasteiger partial charge in [-0.05, 0) is 37.1 Å². The number of rotatable bonds is 3. The highest BCUT2D eigenvalue weighted by Crippen LogP contribution is 2.28. The maximum absolute atomic E-state index is 12.3. The molecule has 2 aromatic heterocycles. The fourth-order valence-electron chi connectivity index (χ4n) is 3.30. The van der Waals surface area contributed by atoms with E-state index in [0.717, 1.165) is 47.1 Å². The molecule has 26 heavy (non-hydrogen) atoms. The molecule has 8 heteroatoms. The summed E-state index contributed by atoms with van der Waals surface area (Å²) < 4.78 is 2.65. The van der Waals surface area contributed by atoms with Crippen molar-refractivity contribution in [3.63, 3.8) is 0 Å². The van der Waals surface area contributed by atoms with Crippen molar-refractivity contribution in [3.8, 4) is 0 Å². The topological polar surface area (TPSA) is 75.9 Å². The molecule has 1 aliphatic heterocycles. The van der Waals surface area contributed by atoms with E-state index in [9.17, 15) is 4.79 Å². The zero-order valence-corrected chi connectivity index (χ0v) is 16.0. The minimum atomic E-state index is -0.111. The Labute approximate surface area is 159 Å². The number of nitrogens with zero attached hydrogens (tertiary/aromatic N) is 5. The van der Waals surface area contributed by atoms with Gasteiger partial charge in [-0.3, -0.25) is 9.48 Å². The van der Waals surface area contributed by atoms with E-state index in [2.05, 4.69) is 47.3 Å². The molecule has 0 aliphatic carbocycles. The highest BCUT2D eigenvalue weighted by Gasteiger charge is 2.23. The van der Waals surface area contributed by atoms with Crippen LogP contribution in [0.5, 0.6) is 0 Å². The number of amides is 1. The van der Waals surface area contributed by atoms with Crippen LogP contribution in [0.2, 0.25) is 0 Å². The number of carbonyl (C=O) groups is 1. The van der Waals surface area contributed by atoms with Crippen molar-refractivity contribution in [1.29, 1.82) is 0 Å². The molecule has 0 saturated carbocycles. The normalized spacial score (nSPS) is 15.4. The summed E-state index contributed by atoms with van der Waals surface area (Å²) in [6, 6.07) is 7.92. The van der Waals surface area contributed by atoms with Gasteiger partial charge in [-0.1, -0.05) is 15.9 Å². The zero-order valence-electron chi connectivity index (χ0n) is 14.4. The lowest BCUT2D eigenvalue weighted by molar-refractivity contribution is 0.0925. The van der Waals surface area contributed by atoms with Crippen LogP contribution in [-0.2, 0) is 7.05 Å². The molecular weight excluding hydrogens is 396 g/mol. The third-order valence-corrected chi connectivity index (χ3v) is 5.15. The summed E-state index contributed by atoms with van der Waals surface area (Å²) >= 11 is 3.52. The number of benzene rings is 1. The number of halogens is 1. The zero-order chi connectivity index (χ0) is 18.1. The van der Waals surface area contributed by atoms with E-state index in [-0.39, 0.29) is 11.9 Å². The van der Waals surface area contributed by atoms with E-state index in [1.54, 1.807) is 30.3 Å². The lowest BCUT2D eigenvalue weighted by atomic mass is 10.0. The number of anilines is 1. The van der Waals surface area contributed by atoms with Gasteiger partial charge in [-0.2, -0.15) is 5.10 Å². The van der Waals surface area contributed by atoms with Crippen LogP contribution >= 0.6 is 15.9 Å². The Morgan fingerprint density at radius 2 is 2.04 bits per heavy atom. The van der Waals surface area contributed by atoms with Gasteiger partial charge in [0.05, 0.1) is 5.52 Å². The molecule has 0 spiro atoms. The van der Waals surface area contributed by atoms with Crippen molar-refractivity contribution in [2.24, 2.45) is 7.05 Å². The summed E-state index contributed by atoms with van der Waals surface area (Å²) in [4.78, 5) is 23.4. The average Bonchev–Trinajstić information content (AvgIpc) is 3.08. The fourth-order valence-corrected chi connectivity index (χ4v) is 3.66. The smallest absolute Gasteiger partial charge is 0.271 e. The molecule has 1 aromatic carbocycles. The van der Waals surface area contributed by atoms with Crippen molar-refractivity contribution in [3.05, 3.63) is 47.0 Å². The van der Waals surface area contributed by atoms with Gasteiger partial charge in [-0.15, -0.1) is 0 Å². The average molecular weight is 415 g/mol. The Balaban J connectivity index is 1.44. The predicted octanol–water partition coefficient (Wildman–Crippen LogP) is 2.52. The van der Waals surface area contributed by atoms with Crippen molar-refractivity contribution < 1.29 is 4.79 Å². The van der Waals surface area contributed by atoms with Crippen molar-refractivity contribution >= 4 is 38.6 Å². The number of carbonyl (C=O) groups excluding carboxylic acids is 1. The summed E-state index contributed by atoms with van der Waals surface area (Å²) in [5, 5.41) is 8.28. The molecule has 1 saturated heterocycles. The molecule has 1 N–H and O–H groups in total. The molecule has 3 heterocycles. The SMILES string of the molecule is Cn1ccc(C(=O)NC2CCN(c3ncnc4ccc(Br)cc34)CC2)n1. The van der Waals surface area contributed by atoms with Gasteiger partial charge < -0.3 is 10.2 Å². The van der Waals surface area contributed by atoms with E-state index in [0.29, 0.717) is 5.69 Å². The first-order chi connectivity index (χ1) is 12.6. The third kappa shape index (κ3) is 3.41. The number of hydrogen-bond acceptors (Lipinski definition) is 5. The standard InChI is InChI=1S/C18H19BrN6O/c1-24-7-6-16(23-24)18(26)22-13-4-8-25(9-5-13)17-14-10-12(19)2-3-15(14)20-11-21-17/h2-3,6-7,10-11,13H,4-5,8-9H2,1H3,(H,22,26). The van der Waals surface area contributed by atoms with Gasteiger partial charge in [0.15, 0.2) is 0 Å². The van der Waals surface area contributed by atoms with Gasteiger partial charge in [-0.25, -0.2) is 9.97 Å². The van der Waals surface area contributed by atoms with Crippen molar-refractivity contribution in [2.45, 2.75) is 18.9 Å². The summed E-state index contributed by atoms with van der Waals surface area (Å²) in [5.41, 5.74) is 1.39. The first-order valence-electron chi connectivity index (χ1n) is 8.56. The second kappa shape index (κ2) is 7.03. The lowest BCUT2D eigenvalue weighted by Crippen LogP contribution is -2.45. The molecule has 4 rings (SSSR count). The second-order valence-electron chi connectivity index (χ2n) is 6.47. The Morgan fingerprint density at radius 1 is 1.23 bits per heavy atom. The van der Waals surface area contributed by atoms with Crippen molar-refractivity contribution in [2.75, 3.05) is 18.0 Å². The Hall–Kier alpha value is -2.48. The fraction of sp³-hybridized carbons (Fsp3) is 0.333. The highest BCUT2D eigenvalue weighted by atomic mass is 79.9. The molecule has 1 aliphatic rings. The van der Waals surface area contributed by atoms with E-state index in [1.165, 1.54) is 0 Å². The van der Waals surface area contributed by atoms with Crippen LogP contribution < -0.4 is 10.2 Å². The molecule has 3 aromatic rings. The molecule has 0 bridgehead atoms. The number of piperidine rings is 1. The molecule has 1 fully saturated rings. The monoisotopic (exact) mass is 414 g/mol. The molecule has 7 nitrogen and oxygen atoms in total. The molecule has 0 atom stereocenters. The van der Waals surface area contributed by atoms with E-state index < -0.39 is 0 Å². The minimum absolute atomic E-state index is 0.111. The highest BCUT2D eigenvalue weighted by molar-refractivity contribution is 9.10. The molecule has 0 radical (unpaired) electrons. The number of nitrogens with one attached hydrogen (secondary N) is 1. The second-order valence-corrected chi connectivity index (χ2v) is 7.38. The van der Waals surface area contributed by atoms with Gasteiger partial charge in [0.2, 0.25) is 0 Å². The Morgan fingerprint density at radius 3 is 2.77 bits per heavy atom. The number of fused-ring (bicyclic) bond motifs is 1. The van der Waals surface area contributed by atoms with Gasteiger partial charge in [0.25, 0.3) is 5.91 Å². The molecule has 134 valence electrons. The molecular formula is C18H19BrN6O. The number of hydrogen-bond donors (Lipinski definition) is 1. The van der Waals surface area contributed by atoms with Crippen LogP contribution in [0.25, 0.3) is 10.9 Å². The first-order valence-corrected chi connectivity index (χ1v) is 9.35. The van der Waals surface area contributed by atoms with Crippen LogP contribution in [0.1, 0.15) is 23.3 Å².